The van der Waals surface area contributed by atoms with Gasteiger partial charge in [0.15, 0.2) is 0 Å². The summed E-state index contributed by atoms with van der Waals surface area (Å²) >= 11 is 3.01. The second-order valence-electron chi connectivity index (χ2n) is 2.84. The normalized spacial score (nSPS) is 20.3. The van der Waals surface area contributed by atoms with E-state index in [4.69, 9.17) is 9.31 Å². The number of likely N-dealkylation sites (N-methyl/N-ethyl adjacent to an activating group) is 1. The van der Waals surface area contributed by atoms with Gasteiger partial charge in [0.1, 0.15) is 0 Å². The molecule has 0 spiro atoms. The third kappa shape index (κ3) is 3.51. The van der Waals surface area contributed by atoms with E-state index in [-0.39, 0.29) is 13.1 Å². The van der Waals surface area contributed by atoms with Crippen LogP contribution in [0.4, 0.5) is 0 Å². The Bertz CT molecular complexity index is 250. The molecule has 1 saturated heterocycles. The van der Waals surface area contributed by atoms with Crippen molar-refractivity contribution in [2.45, 2.75) is 0 Å². The van der Waals surface area contributed by atoms with Crippen LogP contribution in [0.15, 0.2) is 11.0 Å². The highest BCUT2D eigenvalue weighted by atomic mass is 79.9. The first-order valence-electron chi connectivity index (χ1n) is 3.96. The van der Waals surface area contributed by atoms with Crippen LogP contribution in [0.2, 0.25) is 0 Å². The summed E-state index contributed by atoms with van der Waals surface area (Å²) in [5.41, 5.74) is 0. The molecule has 1 fully saturated rings. The van der Waals surface area contributed by atoms with Crippen molar-refractivity contribution in [3.05, 3.63) is 11.0 Å². The van der Waals surface area contributed by atoms with Crippen LogP contribution in [-0.2, 0) is 18.9 Å². The lowest BCUT2D eigenvalue weighted by molar-refractivity contribution is -0.145. The number of halogens is 1. The lowest BCUT2D eigenvalue weighted by Gasteiger charge is -2.20. The highest BCUT2D eigenvalue weighted by Crippen LogP contribution is 2.01. The SMILES string of the molecule is CN1CC(=O)OB(C=CBr)OC(=O)C1. The quantitative estimate of drug-likeness (QED) is 0.620. The molecule has 5 nitrogen and oxygen atoms in total. The lowest BCUT2D eigenvalue weighted by atomic mass is 9.90. The molecule has 0 aromatic carbocycles. The fraction of sp³-hybridized carbons (Fsp3) is 0.429. The average molecular weight is 262 g/mol. The Labute approximate surface area is 90.3 Å². The molecule has 0 unspecified atom stereocenters. The minimum Gasteiger partial charge on any atom is -0.495 e. The second kappa shape index (κ2) is 5.16. The van der Waals surface area contributed by atoms with Gasteiger partial charge in [-0.15, -0.1) is 0 Å². The Balaban J connectivity index is 2.65. The summed E-state index contributed by atoms with van der Waals surface area (Å²) < 4.78 is 9.66. The van der Waals surface area contributed by atoms with Gasteiger partial charge in [-0.05, 0) is 18.0 Å². The zero-order valence-corrected chi connectivity index (χ0v) is 9.19. The van der Waals surface area contributed by atoms with Gasteiger partial charge in [-0.25, -0.2) is 0 Å². The fourth-order valence-electron chi connectivity index (χ4n) is 0.992. The predicted octanol–water partition coefficient (Wildman–Crippen LogP) is -0.0458. The Morgan fingerprint density at radius 1 is 1.36 bits per heavy atom. The van der Waals surface area contributed by atoms with Crippen molar-refractivity contribution < 1.29 is 18.9 Å². The number of carbonyl (C=O) groups is 2. The highest BCUT2D eigenvalue weighted by molar-refractivity contribution is 9.11. The minimum absolute atomic E-state index is 0.0850. The van der Waals surface area contributed by atoms with Crippen LogP contribution in [0.5, 0.6) is 0 Å². The second-order valence-corrected chi connectivity index (χ2v) is 3.37. The number of hydrogen-bond acceptors (Lipinski definition) is 5. The van der Waals surface area contributed by atoms with Crippen LogP contribution in [0, 0.1) is 0 Å². The van der Waals surface area contributed by atoms with E-state index in [1.807, 2.05) is 0 Å². The smallest absolute Gasteiger partial charge is 0.495 e. The molecule has 1 heterocycles. The molecule has 76 valence electrons. The summed E-state index contributed by atoms with van der Waals surface area (Å²) in [6, 6.07) is 0. The number of nitrogens with zero attached hydrogens (tertiary/aromatic N) is 1. The van der Waals surface area contributed by atoms with E-state index >= 15 is 0 Å². The maximum absolute atomic E-state index is 11.1. The number of carbonyl (C=O) groups excluding carboxylic acids is 2. The molecule has 0 aromatic rings. The number of rotatable bonds is 1. The summed E-state index contributed by atoms with van der Waals surface area (Å²) in [4.78, 5) is 25.3. The fourth-order valence-corrected chi connectivity index (χ4v) is 1.24. The van der Waals surface area contributed by atoms with E-state index in [9.17, 15) is 9.59 Å². The molecule has 14 heavy (non-hydrogen) atoms. The van der Waals surface area contributed by atoms with Gasteiger partial charge in [-0.1, -0.05) is 15.9 Å². The molecule has 0 amide bonds. The molecule has 1 aliphatic heterocycles. The largest absolute Gasteiger partial charge is 0.629 e. The maximum Gasteiger partial charge on any atom is 0.629 e. The van der Waals surface area contributed by atoms with Crippen molar-refractivity contribution in [1.29, 1.82) is 0 Å². The topological polar surface area (TPSA) is 55.8 Å². The Morgan fingerprint density at radius 3 is 2.29 bits per heavy atom. The van der Waals surface area contributed by atoms with Crippen LogP contribution >= 0.6 is 15.9 Å². The van der Waals surface area contributed by atoms with Gasteiger partial charge in [0.2, 0.25) is 0 Å². The minimum atomic E-state index is -0.928. The van der Waals surface area contributed by atoms with Gasteiger partial charge in [0, 0.05) is 0 Å². The molecule has 1 aliphatic rings. The Hall–Kier alpha value is -0.815. The van der Waals surface area contributed by atoms with Gasteiger partial charge in [0.05, 0.1) is 13.1 Å². The van der Waals surface area contributed by atoms with Crippen LogP contribution < -0.4 is 0 Å². The van der Waals surface area contributed by atoms with Crippen molar-refractivity contribution >= 4 is 35.0 Å². The molecule has 1 rings (SSSR count). The first-order chi connectivity index (χ1) is 6.61. The summed E-state index contributed by atoms with van der Waals surface area (Å²) in [6.07, 6.45) is 0. The monoisotopic (exact) mass is 261 g/mol. The predicted molar refractivity (Wildman–Crippen MR) is 53.5 cm³/mol. The standard InChI is InChI=1S/C7H9BBrNO4/c1-10-4-6(11)13-8(2-3-9)14-7(12)5-10/h2-3H,4-5H2,1H3. The molecule has 0 bridgehead atoms. The van der Waals surface area contributed by atoms with Crippen molar-refractivity contribution in [3.8, 4) is 0 Å². The van der Waals surface area contributed by atoms with E-state index in [0.717, 1.165) is 0 Å². The molecule has 0 saturated carbocycles. The molecular weight excluding hydrogens is 253 g/mol. The van der Waals surface area contributed by atoms with Gasteiger partial charge in [0.25, 0.3) is 0 Å². The van der Waals surface area contributed by atoms with Gasteiger partial charge in [-0.3, -0.25) is 14.5 Å². The van der Waals surface area contributed by atoms with Crippen LogP contribution in [0.1, 0.15) is 0 Å². The van der Waals surface area contributed by atoms with E-state index in [2.05, 4.69) is 15.9 Å². The van der Waals surface area contributed by atoms with E-state index in [1.165, 1.54) is 15.9 Å². The highest BCUT2D eigenvalue weighted by Gasteiger charge is 2.28. The molecule has 7 heteroatoms. The Kier molecular flexibility index (Phi) is 4.15. The third-order valence-electron chi connectivity index (χ3n) is 1.52. The molecule has 0 radical (unpaired) electrons. The third-order valence-corrected chi connectivity index (χ3v) is 1.83. The summed E-state index contributed by atoms with van der Waals surface area (Å²) in [7, 11) is 0.714. The van der Waals surface area contributed by atoms with Crippen molar-refractivity contribution in [2.75, 3.05) is 20.1 Å². The number of hydrogen-bond donors (Lipinski definition) is 0. The first-order valence-corrected chi connectivity index (χ1v) is 4.88. The molecular formula is C7H9BBrNO4. The van der Waals surface area contributed by atoms with Crippen LogP contribution in [0.3, 0.4) is 0 Å². The average Bonchev–Trinajstić information content (AvgIpc) is 2.00. The summed E-state index contributed by atoms with van der Waals surface area (Å²) in [6.45, 7) is 0.170. The zero-order valence-electron chi connectivity index (χ0n) is 7.60. The lowest BCUT2D eigenvalue weighted by Crippen LogP contribution is -2.41. The van der Waals surface area contributed by atoms with E-state index in [0.29, 0.717) is 0 Å². The van der Waals surface area contributed by atoms with Gasteiger partial charge >= 0.3 is 19.1 Å². The maximum atomic E-state index is 11.1. The molecule has 0 N–H and O–H groups in total. The summed E-state index contributed by atoms with van der Waals surface area (Å²) in [5.74, 6) is 0.590. The molecule has 0 aromatic heterocycles. The van der Waals surface area contributed by atoms with E-state index < -0.39 is 19.1 Å². The van der Waals surface area contributed by atoms with Crippen LogP contribution in [0.25, 0.3) is 0 Å². The first kappa shape index (κ1) is 11.3. The zero-order chi connectivity index (χ0) is 10.6. The van der Waals surface area contributed by atoms with Crippen molar-refractivity contribution in [1.82, 2.24) is 4.90 Å². The van der Waals surface area contributed by atoms with Crippen molar-refractivity contribution in [2.24, 2.45) is 0 Å². The molecule has 0 atom stereocenters. The molecule has 0 aliphatic carbocycles. The van der Waals surface area contributed by atoms with E-state index in [1.54, 1.807) is 7.05 Å². The Morgan fingerprint density at radius 2 is 1.86 bits per heavy atom. The van der Waals surface area contributed by atoms with Crippen molar-refractivity contribution in [3.63, 3.8) is 0 Å². The summed E-state index contributed by atoms with van der Waals surface area (Å²) in [5, 5.41) is 0. The van der Waals surface area contributed by atoms with Gasteiger partial charge < -0.3 is 9.31 Å². The van der Waals surface area contributed by atoms with Crippen LogP contribution in [-0.4, -0.2) is 44.1 Å². The van der Waals surface area contributed by atoms with Gasteiger partial charge in [-0.2, -0.15) is 0 Å².